The Morgan fingerprint density at radius 2 is 2.05 bits per heavy atom. The van der Waals surface area contributed by atoms with E-state index in [2.05, 4.69) is 0 Å². The normalized spacial score (nSPS) is 13.5. The number of carbonyl (C=O) groups excluding carboxylic acids is 1. The van der Waals surface area contributed by atoms with Crippen molar-refractivity contribution in [2.45, 2.75) is 19.4 Å². The van der Waals surface area contributed by atoms with Crippen LogP contribution in [0.3, 0.4) is 0 Å². The van der Waals surface area contributed by atoms with Crippen LogP contribution in [-0.4, -0.2) is 48.2 Å². The number of hydrogen-bond acceptors (Lipinski definition) is 4. The van der Waals surface area contributed by atoms with Gasteiger partial charge in [0.2, 0.25) is 0 Å². The van der Waals surface area contributed by atoms with Gasteiger partial charge in [0.1, 0.15) is 12.1 Å². The lowest BCUT2D eigenvalue weighted by Gasteiger charge is -2.33. The second-order valence-electron chi connectivity index (χ2n) is 5.57. The Kier molecular flexibility index (Phi) is 4.12. The Morgan fingerprint density at radius 1 is 1.36 bits per heavy atom. The molecular formula is C16H19NO5. The van der Waals surface area contributed by atoms with Gasteiger partial charge in [-0.05, 0) is 26.0 Å². The monoisotopic (exact) mass is 305 g/mol. The van der Waals surface area contributed by atoms with Crippen LogP contribution in [0.15, 0.2) is 23.8 Å². The van der Waals surface area contributed by atoms with Crippen LogP contribution in [0.4, 0.5) is 0 Å². The molecule has 6 heteroatoms. The van der Waals surface area contributed by atoms with Crippen LogP contribution in [0.1, 0.15) is 19.4 Å². The minimum atomic E-state index is -1.30. The molecular weight excluding hydrogens is 286 g/mol. The minimum absolute atomic E-state index is 0.0756. The quantitative estimate of drug-likeness (QED) is 0.918. The van der Waals surface area contributed by atoms with Crippen molar-refractivity contribution in [3.63, 3.8) is 0 Å². The number of hydrogen-bond donors (Lipinski definition) is 1. The molecule has 0 saturated carbocycles. The van der Waals surface area contributed by atoms with Crippen LogP contribution >= 0.6 is 0 Å². The van der Waals surface area contributed by atoms with Gasteiger partial charge in [-0.3, -0.25) is 4.79 Å². The van der Waals surface area contributed by atoms with Gasteiger partial charge in [0.15, 0.2) is 11.5 Å². The maximum Gasteiger partial charge on any atom is 0.329 e. The summed E-state index contributed by atoms with van der Waals surface area (Å²) in [6.07, 6.45) is 1.71. The van der Waals surface area contributed by atoms with Gasteiger partial charge in [0.05, 0.1) is 12.7 Å². The summed E-state index contributed by atoms with van der Waals surface area (Å²) in [6, 6.07) is 5.39. The van der Waals surface area contributed by atoms with Crippen LogP contribution in [-0.2, 0) is 9.59 Å². The van der Waals surface area contributed by atoms with Crippen LogP contribution in [0.2, 0.25) is 0 Å². The maximum absolute atomic E-state index is 12.5. The van der Waals surface area contributed by atoms with E-state index in [4.69, 9.17) is 9.47 Å². The molecule has 0 bridgehead atoms. The smallest absolute Gasteiger partial charge is 0.329 e. The zero-order chi connectivity index (χ0) is 16.5. The van der Waals surface area contributed by atoms with Crippen molar-refractivity contribution < 1.29 is 24.2 Å². The molecule has 0 spiro atoms. The van der Waals surface area contributed by atoms with Crippen LogP contribution in [0, 0.1) is 0 Å². The van der Waals surface area contributed by atoms with E-state index in [0.29, 0.717) is 17.1 Å². The minimum Gasteiger partial charge on any atom is -0.493 e. The second kappa shape index (κ2) is 5.71. The molecule has 0 atom stereocenters. The summed E-state index contributed by atoms with van der Waals surface area (Å²) in [5.41, 5.74) is -0.167. The van der Waals surface area contributed by atoms with Gasteiger partial charge in [-0.2, -0.15) is 0 Å². The lowest BCUT2D eigenvalue weighted by atomic mass is 10.0. The molecule has 0 aromatic heterocycles. The average Bonchev–Trinajstić information content (AvgIpc) is 2.51. The molecule has 1 N–H and O–H groups in total. The number of rotatable bonds is 4. The van der Waals surface area contributed by atoms with Gasteiger partial charge in [0, 0.05) is 12.6 Å². The molecule has 1 aromatic carbocycles. The van der Waals surface area contributed by atoms with Crippen molar-refractivity contribution in [3.8, 4) is 11.5 Å². The number of para-hydroxylation sites is 1. The third-order valence-corrected chi connectivity index (χ3v) is 3.87. The zero-order valence-corrected chi connectivity index (χ0v) is 13.0. The molecule has 2 rings (SSSR count). The number of likely N-dealkylation sites (N-methyl/N-ethyl adjacent to an activating group) is 1. The summed E-state index contributed by atoms with van der Waals surface area (Å²) in [5.74, 6) is -0.259. The van der Waals surface area contributed by atoms with E-state index >= 15 is 0 Å². The van der Waals surface area contributed by atoms with Gasteiger partial charge >= 0.3 is 5.97 Å². The van der Waals surface area contributed by atoms with Gasteiger partial charge in [0.25, 0.3) is 5.91 Å². The number of methoxy groups -OCH3 is 1. The highest BCUT2D eigenvalue weighted by molar-refractivity contribution is 6.01. The van der Waals surface area contributed by atoms with E-state index in [1.807, 2.05) is 6.07 Å². The molecule has 22 heavy (non-hydrogen) atoms. The van der Waals surface area contributed by atoms with Gasteiger partial charge in [-0.25, -0.2) is 4.79 Å². The molecule has 0 fully saturated rings. The Hall–Kier alpha value is -2.50. The van der Waals surface area contributed by atoms with E-state index < -0.39 is 11.5 Å². The van der Waals surface area contributed by atoms with Crippen molar-refractivity contribution in [2.75, 3.05) is 20.8 Å². The molecule has 118 valence electrons. The van der Waals surface area contributed by atoms with Gasteiger partial charge in [-0.15, -0.1) is 0 Å². The number of benzene rings is 1. The molecule has 0 aliphatic carbocycles. The molecule has 1 aromatic rings. The van der Waals surface area contributed by atoms with Crippen LogP contribution in [0.25, 0.3) is 6.08 Å². The topological polar surface area (TPSA) is 76.1 Å². The number of carboxylic acids is 1. The lowest BCUT2D eigenvalue weighted by molar-refractivity contribution is -0.154. The Bertz CT molecular complexity index is 648. The highest BCUT2D eigenvalue weighted by atomic mass is 16.5. The summed E-state index contributed by atoms with van der Waals surface area (Å²) in [6.45, 7) is 3.04. The summed E-state index contributed by atoms with van der Waals surface area (Å²) in [5, 5.41) is 9.22. The fourth-order valence-corrected chi connectivity index (χ4v) is 2.08. The molecule has 6 nitrogen and oxygen atoms in total. The van der Waals surface area contributed by atoms with E-state index in [1.165, 1.54) is 25.8 Å². The molecule has 1 aliphatic heterocycles. The van der Waals surface area contributed by atoms with E-state index in [-0.39, 0.29) is 12.5 Å². The molecule has 0 unspecified atom stereocenters. The number of nitrogens with zero attached hydrogens (tertiary/aromatic N) is 1. The fourth-order valence-electron chi connectivity index (χ4n) is 2.08. The summed E-state index contributed by atoms with van der Waals surface area (Å²) in [7, 11) is 3.02. The summed E-state index contributed by atoms with van der Waals surface area (Å²) >= 11 is 0. The molecule has 0 saturated heterocycles. The van der Waals surface area contributed by atoms with E-state index in [1.54, 1.807) is 25.3 Å². The second-order valence-corrected chi connectivity index (χ2v) is 5.57. The standard InChI is InChI=1S/C16H19NO5/c1-16(2,15(19)20)17(3)14(18)11-8-10-6-5-7-12(21-4)13(10)22-9-11/h5-8H,9H2,1-4H3,(H,19,20). The fraction of sp³-hybridized carbons (Fsp3) is 0.375. The van der Waals surface area contributed by atoms with E-state index in [9.17, 15) is 14.7 Å². The molecule has 1 amide bonds. The largest absolute Gasteiger partial charge is 0.493 e. The first-order valence-corrected chi connectivity index (χ1v) is 6.81. The first-order chi connectivity index (χ1) is 10.3. The number of amides is 1. The van der Waals surface area contributed by atoms with Crippen LogP contribution in [0.5, 0.6) is 11.5 Å². The number of aliphatic carboxylic acids is 1. The average molecular weight is 305 g/mol. The third-order valence-electron chi connectivity index (χ3n) is 3.87. The predicted octanol–water partition coefficient (Wildman–Crippen LogP) is 1.79. The number of carboxylic acid groups (broad SMARTS) is 1. The lowest BCUT2D eigenvalue weighted by Crippen LogP contribution is -2.51. The van der Waals surface area contributed by atoms with Crippen molar-refractivity contribution in [2.24, 2.45) is 0 Å². The van der Waals surface area contributed by atoms with Crippen molar-refractivity contribution in [1.29, 1.82) is 0 Å². The van der Waals surface area contributed by atoms with Gasteiger partial charge < -0.3 is 19.5 Å². The Balaban J connectivity index is 2.33. The molecule has 1 heterocycles. The predicted molar refractivity (Wildman–Crippen MR) is 81.0 cm³/mol. The number of carbonyl (C=O) groups is 2. The van der Waals surface area contributed by atoms with Gasteiger partial charge in [-0.1, -0.05) is 12.1 Å². The maximum atomic E-state index is 12.5. The van der Waals surface area contributed by atoms with Crippen molar-refractivity contribution >= 4 is 18.0 Å². The third kappa shape index (κ3) is 2.64. The van der Waals surface area contributed by atoms with E-state index in [0.717, 1.165) is 5.56 Å². The highest BCUT2D eigenvalue weighted by Crippen LogP contribution is 2.36. The Morgan fingerprint density at radius 3 is 2.64 bits per heavy atom. The van der Waals surface area contributed by atoms with Crippen LogP contribution < -0.4 is 9.47 Å². The summed E-state index contributed by atoms with van der Waals surface area (Å²) in [4.78, 5) is 25.0. The van der Waals surface area contributed by atoms with Crippen molar-refractivity contribution in [3.05, 3.63) is 29.3 Å². The molecule has 0 radical (unpaired) electrons. The number of ether oxygens (including phenoxy) is 2. The highest BCUT2D eigenvalue weighted by Gasteiger charge is 2.37. The number of fused-ring (bicyclic) bond motifs is 1. The zero-order valence-electron chi connectivity index (χ0n) is 13.0. The Labute approximate surface area is 128 Å². The first kappa shape index (κ1) is 15.9. The first-order valence-electron chi connectivity index (χ1n) is 6.81. The van der Waals surface area contributed by atoms with Crippen molar-refractivity contribution in [1.82, 2.24) is 4.90 Å². The molecule has 1 aliphatic rings. The SMILES string of the molecule is COc1cccc2c1OCC(C(=O)N(C)C(C)(C)C(=O)O)=C2. The summed E-state index contributed by atoms with van der Waals surface area (Å²) < 4.78 is 10.8.